The van der Waals surface area contributed by atoms with E-state index in [9.17, 15) is 4.79 Å². The highest BCUT2D eigenvalue weighted by atomic mass is 79.9. The fourth-order valence-corrected chi connectivity index (χ4v) is 1.82. The lowest BCUT2D eigenvalue weighted by atomic mass is 10.1. The molecule has 0 aliphatic heterocycles. The van der Waals surface area contributed by atoms with Crippen LogP contribution in [0.25, 0.3) is 0 Å². The molecule has 0 radical (unpaired) electrons. The van der Waals surface area contributed by atoms with Gasteiger partial charge in [-0.3, -0.25) is 4.79 Å². The molecule has 0 aromatic heterocycles. The fraction of sp³-hybridized carbons (Fsp3) is 0.909. The average Bonchev–Trinajstić information content (AvgIpc) is 2.19. The van der Waals surface area contributed by atoms with Crippen LogP contribution in [0, 0.1) is 0 Å². The van der Waals surface area contributed by atoms with Gasteiger partial charge in [-0.25, -0.2) is 0 Å². The van der Waals surface area contributed by atoms with E-state index < -0.39 is 0 Å². The maximum atomic E-state index is 11.5. The van der Waals surface area contributed by atoms with Crippen LogP contribution in [-0.4, -0.2) is 31.0 Å². The summed E-state index contributed by atoms with van der Waals surface area (Å²) >= 11 is 3.35. The third-order valence-corrected chi connectivity index (χ3v) is 2.72. The summed E-state index contributed by atoms with van der Waals surface area (Å²) < 4.78 is 5.06. The quantitative estimate of drug-likeness (QED) is 0.520. The molecule has 0 aliphatic carbocycles. The average molecular weight is 280 g/mol. The van der Waals surface area contributed by atoms with Gasteiger partial charge in [-0.05, 0) is 19.3 Å². The summed E-state index contributed by atoms with van der Waals surface area (Å²) in [5.74, 6) is 0.145. The zero-order valence-corrected chi connectivity index (χ0v) is 11.3. The number of carbonyl (C=O) groups excluding carboxylic acids is 1. The molecule has 90 valence electrons. The summed E-state index contributed by atoms with van der Waals surface area (Å²) in [4.78, 5) is 11.5. The van der Waals surface area contributed by atoms with E-state index in [4.69, 9.17) is 4.74 Å². The summed E-state index contributed by atoms with van der Waals surface area (Å²) in [6.45, 7) is 2.72. The molecule has 4 heteroatoms. The van der Waals surface area contributed by atoms with Crippen molar-refractivity contribution in [1.82, 2.24) is 5.32 Å². The second-order valence-corrected chi connectivity index (χ2v) is 4.45. The maximum absolute atomic E-state index is 11.5. The van der Waals surface area contributed by atoms with Crippen LogP contribution in [0.3, 0.4) is 0 Å². The first-order valence-corrected chi connectivity index (χ1v) is 6.71. The number of hydrogen-bond acceptors (Lipinski definition) is 2. The van der Waals surface area contributed by atoms with Gasteiger partial charge in [0.25, 0.3) is 0 Å². The van der Waals surface area contributed by atoms with Crippen molar-refractivity contribution in [3.05, 3.63) is 0 Å². The van der Waals surface area contributed by atoms with Crippen molar-refractivity contribution in [1.29, 1.82) is 0 Å². The van der Waals surface area contributed by atoms with Crippen molar-refractivity contribution < 1.29 is 9.53 Å². The number of amides is 1. The Morgan fingerprint density at radius 1 is 1.47 bits per heavy atom. The molecule has 0 fully saturated rings. The first-order chi connectivity index (χ1) is 7.24. The topological polar surface area (TPSA) is 38.3 Å². The highest BCUT2D eigenvalue weighted by Gasteiger charge is 2.10. The van der Waals surface area contributed by atoms with Crippen LogP contribution < -0.4 is 5.32 Å². The van der Waals surface area contributed by atoms with Crippen LogP contribution in [0.1, 0.15) is 39.0 Å². The summed E-state index contributed by atoms with van der Waals surface area (Å²) in [5, 5.41) is 3.97. The number of methoxy groups -OCH3 is 1. The van der Waals surface area contributed by atoms with Gasteiger partial charge in [0.2, 0.25) is 5.91 Å². The molecule has 1 atom stereocenters. The first-order valence-electron chi connectivity index (χ1n) is 5.58. The number of hydrogen-bond donors (Lipinski definition) is 1. The number of nitrogens with one attached hydrogen (secondary N) is 1. The van der Waals surface area contributed by atoms with E-state index in [0.717, 1.165) is 31.0 Å². The summed E-state index contributed by atoms with van der Waals surface area (Å²) in [7, 11) is 1.67. The van der Waals surface area contributed by atoms with Crippen molar-refractivity contribution >= 4 is 21.8 Å². The van der Waals surface area contributed by atoms with E-state index in [1.165, 1.54) is 0 Å². The van der Waals surface area contributed by atoms with Crippen LogP contribution in [0.5, 0.6) is 0 Å². The van der Waals surface area contributed by atoms with Crippen molar-refractivity contribution in [2.75, 3.05) is 19.0 Å². The van der Waals surface area contributed by atoms with Gasteiger partial charge in [0, 0.05) is 18.9 Å². The first kappa shape index (κ1) is 14.9. The molecule has 0 saturated carbocycles. The molecule has 0 rings (SSSR count). The van der Waals surface area contributed by atoms with E-state index in [1.54, 1.807) is 7.11 Å². The number of unbranched alkanes of at least 4 members (excludes halogenated alkanes) is 1. The third-order valence-electron chi connectivity index (χ3n) is 2.16. The molecule has 0 spiro atoms. The molecule has 1 amide bonds. The van der Waals surface area contributed by atoms with Crippen molar-refractivity contribution in [2.24, 2.45) is 0 Å². The minimum atomic E-state index is 0.145. The standard InChI is InChI=1S/C11H22BrNO2/c1-3-6-10(9-15-2)13-11(14)7-4-5-8-12/h10H,3-9H2,1-2H3,(H,13,14). The highest BCUT2D eigenvalue weighted by Crippen LogP contribution is 2.01. The molecule has 15 heavy (non-hydrogen) atoms. The second kappa shape index (κ2) is 10.4. The van der Waals surface area contributed by atoms with Crippen molar-refractivity contribution in [3.8, 4) is 0 Å². The number of carbonyl (C=O) groups is 1. The molecule has 1 unspecified atom stereocenters. The van der Waals surface area contributed by atoms with Gasteiger partial charge >= 0.3 is 0 Å². The van der Waals surface area contributed by atoms with E-state index in [1.807, 2.05) is 0 Å². The predicted molar refractivity (Wildman–Crippen MR) is 66.4 cm³/mol. The Bertz CT molecular complexity index is 159. The largest absolute Gasteiger partial charge is 0.383 e. The van der Waals surface area contributed by atoms with Gasteiger partial charge < -0.3 is 10.1 Å². The molecule has 0 heterocycles. The second-order valence-electron chi connectivity index (χ2n) is 3.65. The molecule has 0 bridgehead atoms. The lowest BCUT2D eigenvalue weighted by Gasteiger charge is -2.16. The number of alkyl halides is 1. The van der Waals surface area contributed by atoms with Gasteiger partial charge in [0.1, 0.15) is 0 Å². The zero-order valence-electron chi connectivity index (χ0n) is 9.72. The van der Waals surface area contributed by atoms with Crippen LogP contribution >= 0.6 is 15.9 Å². The lowest BCUT2D eigenvalue weighted by molar-refractivity contribution is -0.122. The Kier molecular flexibility index (Phi) is 10.4. The summed E-state index contributed by atoms with van der Waals surface area (Å²) in [6, 6.07) is 0.177. The van der Waals surface area contributed by atoms with Crippen LogP contribution in [0.2, 0.25) is 0 Å². The van der Waals surface area contributed by atoms with Gasteiger partial charge in [0.05, 0.1) is 12.6 Å². The Morgan fingerprint density at radius 2 is 2.20 bits per heavy atom. The van der Waals surface area contributed by atoms with Crippen LogP contribution in [0.4, 0.5) is 0 Å². The van der Waals surface area contributed by atoms with E-state index in [0.29, 0.717) is 13.0 Å². The number of ether oxygens (including phenoxy) is 1. The third kappa shape index (κ3) is 8.88. The predicted octanol–water partition coefficient (Wildman–Crippen LogP) is 2.48. The maximum Gasteiger partial charge on any atom is 0.220 e. The van der Waals surface area contributed by atoms with E-state index in [2.05, 4.69) is 28.2 Å². The molecule has 0 saturated heterocycles. The zero-order chi connectivity index (χ0) is 11.5. The number of rotatable bonds is 9. The molecule has 3 nitrogen and oxygen atoms in total. The minimum Gasteiger partial charge on any atom is -0.383 e. The van der Waals surface area contributed by atoms with Crippen LogP contribution in [-0.2, 0) is 9.53 Å². The van der Waals surface area contributed by atoms with E-state index in [-0.39, 0.29) is 11.9 Å². The summed E-state index contributed by atoms with van der Waals surface area (Å²) in [5.41, 5.74) is 0. The Labute approximate surface area is 101 Å². The number of halogens is 1. The Morgan fingerprint density at radius 3 is 2.73 bits per heavy atom. The highest BCUT2D eigenvalue weighted by molar-refractivity contribution is 9.09. The Balaban J connectivity index is 3.67. The van der Waals surface area contributed by atoms with Gasteiger partial charge in [-0.1, -0.05) is 29.3 Å². The molecular formula is C11H22BrNO2. The molecule has 1 N–H and O–H groups in total. The van der Waals surface area contributed by atoms with Gasteiger partial charge in [0.15, 0.2) is 0 Å². The van der Waals surface area contributed by atoms with E-state index >= 15 is 0 Å². The molecular weight excluding hydrogens is 258 g/mol. The smallest absolute Gasteiger partial charge is 0.220 e. The van der Waals surface area contributed by atoms with Gasteiger partial charge in [-0.15, -0.1) is 0 Å². The Hall–Kier alpha value is -0.0900. The fourth-order valence-electron chi connectivity index (χ4n) is 1.43. The van der Waals surface area contributed by atoms with Crippen molar-refractivity contribution in [2.45, 2.75) is 45.1 Å². The molecule has 0 aromatic rings. The normalized spacial score (nSPS) is 12.5. The molecule has 0 aromatic carbocycles. The SMILES string of the molecule is CCCC(COC)NC(=O)CCCCBr. The summed E-state index contributed by atoms with van der Waals surface area (Å²) in [6.07, 6.45) is 4.67. The monoisotopic (exact) mass is 279 g/mol. The minimum absolute atomic E-state index is 0.145. The van der Waals surface area contributed by atoms with Crippen LogP contribution in [0.15, 0.2) is 0 Å². The molecule has 0 aliphatic rings. The van der Waals surface area contributed by atoms with Crippen molar-refractivity contribution in [3.63, 3.8) is 0 Å². The lowest BCUT2D eigenvalue weighted by Crippen LogP contribution is -2.37. The van der Waals surface area contributed by atoms with Gasteiger partial charge in [-0.2, -0.15) is 0 Å².